The van der Waals surface area contributed by atoms with Crippen LogP contribution in [0, 0.1) is 0 Å². The Bertz CT molecular complexity index is 1300. The highest BCUT2D eigenvalue weighted by molar-refractivity contribution is 5.95. The van der Waals surface area contributed by atoms with E-state index in [1.54, 1.807) is 18.2 Å². The second-order valence-electron chi connectivity index (χ2n) is 9.41. The molecule has 0 aromatic heterocycles. The molecule has 9 heteroatoms. The standard InChI is InChI=1S/C30H27F6N3.C2H6/c1-21(38-27-14-7-15-37-27)39-28(18-22-8-3-2-4-9-22,25-12-5-10-23(16-25)19-29(31,32)33)26-13-6-11-24(17-26)20-30(34,35)36;1-2/h2-14,16-17,39H,1,15,18-20H2,(H,37,38);1-2H3. The number of amidine groups is 1. The fourth-order valence-electron chi connectivity index (χ4n) is 4.71. The number of halogens is 6. The summed E-state index contributed by atoms with van der Waals surface area (Å²) in [5, 5.41) is 6.40. The van der Waals surface area contributed by atoms with Crippen molar-refractivity contribution in [2.24, 2.45) is 4.99 Å². The Balaban J connectivity index is 0.00000226. The van der Waals surface area contributed by atoms with E-state index in [1.807, 2.05) is 50.3 Å². The lowest BCUT2D eigenvalue weighted by atomic mass is 9.76. The molecule has 0 amide bonds. The third kappa shape index (κ3) is 9.27. The van der Waals surface area contributed by atoms with Crippen molar-refractivity contribution in [2.45, 2.75) is 51.0 Å². The van der Waals surface area contributed by atoms with E-state index >= 15 is 0 Å². The Morgan fingerprint density at radius 2 is 1.24 bits per heavy atom. The third-order valence-corrected chi connectivity index (χ3v) is 6.25. The van der Waals surface area contributed by atoms with E-state index < -0.39 is 30.7 Å². The van der Waals surface area contributed by atoms with Gasteiger partial charge in [0, 0.05) is 6.42 Å². The molecule has 1 aliphatic heterocycles. The zero-order chi connectivity index (χ0) is 30.1. The molecular weight excluding hydrogens is 540 g/mol. The first kappa shape index (κ1) is 31.5. The molecule has 1 heterocycles. The highest BCUT2D eigenvalue weighted by atomic mass is 19.4. The number of hydrogen-bond acceptors (Lipinski definition) is 3. The maximum atomic E-state index is 13.3. The van der Waals surface area contributed by atoms with Crippen LogP contribution in [0.5, 0.6) is 0 Å². The van der Waals surface area contributed by atoms with Gasteiger partial charge in [0.1, 0.15) is 5.84 Å². The van der Waals surface area contributed by atoms with Crippen LogP contribution in [0.1, 0.15) is 41.7 Å². The number of rotatable bonds is 9. The SMILES string of the molecule is C=C(NC1=NCC=C1)NC(Cc1ccccc1)(c1cccc(CC(F)(F)F)c1)c1cccc(CC(F)(F)F)c1.CC. The summed E-state index contributed by atoms with van der Waals surface area (Å²) >= 11 is 0. The first-order chi connectivity index (χ1) is 19.4. The fraction of sp³-hybridized carbons (Fsp3) is 0.281. The Labute approximate surface area is 236 Å². The molecule has 0 fully saturated rings. The van der Waals surface area contributed by atoms with Gasteiger partial charge < -0.3 is 10.6 Å². The van der Waals surface area contributed by atoms with Crippen molar-refractivity contribution in [3.8, 4) is 0 Å². The number of aliphatic imine (C=N–C) groups is 1. The Hall–Kier alpha value is -4.01. The Morgan fingerprint density at radius 3 is 1.71 bits per heavy atom. The number of hydrogen-bond donors (Lipinski definition) is 2. The molecular formula is C32H33F6N3. The van der Waals surface area contributed by atoms with Crippen molar-refractivity contribution in [1.29, 1.82) is 0 Å². The Kier molecular flexibility index (Phi) is 10.4. The number of alkyl halides is 6. The average Bonchev–Trinajstić information content (AvgIpc) is 3.41. The minimum absolute atomic E-state index is 0.0346. The highest BCUT2D eigenvalue weighted by Crippen LogP contribution is 2.37. The molecule has 0 saturated carbocycles. The van der Waals surface area contributed by atoms with Crippen molar-refractivity contribution >= 4 is 5.84 Å². The molecule has 3 aromatic rings. The first-order valence-corrected chi connectivity index (χ1v) is 13.2. The van der Waals surface area contributed by atoms with Gasteiger partial charge in [-0.15, -0.1) is 0 Å². The molecule has 2 N–H and O–H groups in total. The molecule has 1 aliphatic rings. The summed E-state index contributed by atoms with van der Waals surface area (Å²) in [5.74, 6) is 0.830. The van der Waals surface area contributed by atoms with Crippen LogP contribution in [0.15, 0.2) is 108 Å². The maximum Gasteiger partial charge on any atom is 0.393 e. The average molecular weight is 574 g/mol. The monoisotopic (exact) mass is 573 g/mol. The van der Waals surface area contributed by atoms with Crippen LogP contribution in [0.3, 0.4) is 0 Å². The molecule has 0 radical (unpaired) electrons. The molecule has 3 aromatic carbocycles. The van der Waals surface area contributed by atoms with Gasteiger partial charge >= 0.3 is 12.4 Å². The van der Waals surface area contributed by atoms with Crippen molar-refractivity contribution in [1.82, 2.24) is 10.6 Å². The van der Waals surface area contributed by atoms with E-state index in [1.165, 1.54) is 36.4 Å². The Morgan fingerprint density at radius 1 is 0.732 bits per heavy atom. The van der Waals surface area contributed by atoms with Gasteiger partial charge in [-0.1, -0.05) is 105 Å². The molecule has 4 rings (SSSR count). The minimum Gasteiger partial charge on any atom is -0.358 e. The predicted molar refractivity (Wildman–Crippen MR) is 152 cm³/mol. The van der Waals surface area contributed by atoms with Gasteiger partial charge in [-0.2, -0.15) is 26.3 Å². The van der Waals surface area contributed by atoms with Crippen molar-refractivity contribution in [3.05, 3.63) is 131 Å². The summed E-state index contributed by atoms with van der Waals surface area (Å²) < 4.78 is 79.9. The summed E-state index contributed by atoms with van der Waals surface area (Å²) in [5.41, 5.74) is 0.503. The lowest BCUT2D eigenvalue weighted by molar-refractivity contribution is -0.128. The maximum absolute atomic E-state index is 13.3. The summed E-state index contributed by atoms with van der Waals surface area (Å²) in [7, 11) is 0. The van der Waals surface area contributed by atoms with Crippen LogP contribution in [-0.2, 0) is 24.8 Å². The van der Waals surface area contributed by atoms with Gasteiger partial charge in [0.25, 0.3) is 0 Å². The first-order valence-electron chi connectivity index (χ1n) is 13.2. The van der Waals surface area contributed by atoms with E-state index in [9.17, 15) is 26.3 Å². The molecule has 0 atom stereocenters. The largest absolute Gasteiger partial charge is 0.393 e. The second kappa shape index (κ2) is 13.6. The molecule has 41 heavy (non-hydrogen) atoms. The molecule has 0 unspecified atom stereocenters. The van der Waals surface area contributed by atoms with Crippen molar-refractivity contribution in [3.63, 3.8) is 0 Å². The van der Waals surface area contributed by atoms with E-state index in [0.717, 1.165) is 5.56 Å². The van der Waals surface area contributed by atoms with Gasteiger partial charge in [0.05, 0.1) is 30.7 Å². The van der Waals surface area contributed by atoms with Crippen LogP contribution < -0.4 is 10.6 Å². The van der Waals surface area contributed by atoms with Crippen LogP contribution in [0.4, 0.5) is 26.3 Å². The molecule has 0 saturated heterocycles. The zero-order valence-electron chi connectivity index (χ0n) is 22.9. The van der Waals surface area contributed by atoms with E-state index in [4.69, 9.17) is 0 Å². The zero-order valence-corrected chi connectivity index (χ0v) is 22.9. The normalized spacial score (nSPS) is 13.2. The van der Waals surface area contributed by atoms with Gasteiger partial charge in [-0.25, -0.2) is 0 Å². The number of benzene rings is 3. The summed E-state index contributed by atoms with van der Waals surface area (Å²) in [6, 6.07) is 21.2. The number of nitrogens with one attached hydrogen (secondary N) is 2. The predicted octanol–water partition coefficient (Wildman–Crippen LogP) is 8.03. The van der Waals surface area contributed by atoms with E-state index in [2.05, 4.69) is 22.2 Å². The van der Waals surface area contributed by atoms with Gasteiger partial charge in [0.15, 0.2) is 0 Å². The van der Waals surface area contributed by atoms with Crippen LogP contribution in [-0.4, -0.2) is 24.7 Å². The molecule has 218 valence electrons. The van der Waals surface area contributed by atoms with E-state index in [0.29, 0.717) is 29.3 Å². The lowest BCUT2D eigenvalue weighted by Crippen LogP contribution is -2.48. The topological polar surface area (TPSA) is 36.4 Å². The van der Waals surface area contributed by atoms with Crippen molar-refractivity contribution < 1.29 is 26.3 Å². The summed E-state index contributed by atoms with van der Waals surface area (Å²) in [4.78, 5) is 4.29. The van der Waals surface area contributed by atoms with Gasteiger partial charge in [-0.3, -0.25) is 4.99 Å². The van der Waals surface area contributed by atoms with Crippen LogP contribution in [0.2, 0.25) is 0 Å². The molecule has 0 bridgehead atoms. The minimum atomic E-state index is -4.43. The summed E-state index contributed by atoms with van der Waals surface area (Å²) in [6.07, 6.45) is -7.33. The number of nitrogens with zero attached hydrogens (tertiary/aromatic N) is 1. The lowest BCUT2D eigenvalue weighted by Gasteiger charge is -2.39. The third-order valence-electron chi connectivity index (χ3n) is 6.25. The van der Waals surface area contributed by atoms with Gasteiger partial charge in [-0.05, 0) is 33.9 Å². The van der Waals surface area contributed by atoms with E-state index in [-0.39, 0.29) is 17.5 Å². The molecule has 0 aliphatic carbocycles. The second-order valence-corrected chi connectivity index (χ2v) is 9.41. The van der Waals surface area contributed by atoms with Crippen molar-refractivity contribution in [2.75, 3.05) is 6.54 Å². The highest BCUT2D eigenvalue weighted by Gasteiger charge is 2.37. The quantitative estimate of drug-likeness (QED) is 0.254. The van der Waals surface area contributed by atoms with Crippen LogP contribution in [0.25, 0.3) is 0 Å². The van der Waals surface area contributed by atoms with Crippen LogP contribution >= 0.6 is 0 Å². The summed E-state index contributed by atoms with van der Waals surface area (Å²) in [6.45, 7) is 8.55. The smallest absolute Gasteiger partial charge is 0.358 e. The molecule has 0 spiro atoms. The van der Waals surface area contributed by atoms with Gasteiger partial charge in [0.2, 0.25) is 0 Å². The fourth-order valence-corrected chi connectivity index (χ4v) is 4.71. The molecule has 3 nitrogen and oxygen atoms in total.